The number of rotatable bonds is 3. The van der Waals surface area contributed by atoms with Crippen LogP contribution in [0.1, 0.15) is 36.4 Å². The van der Waals surface area contributed by atoms with Gasteiger partial charge in [-0.3, -0.25) is 9.59 Å². The highest BCUT2D eigenvalue weighted by atomic mass is 19.4. The van der Waals surface area contributed by atoms with Gasteiger partial charge in [-0.2, -0.15) is 13.2 Å². The van der Waals surface area contributed by atoms with Gasteiger partial charge in [0.1, 0.15) is 0 Å². The third-order valence-corrected chi connectivity index (χ3v) is 5.69. The first-order valence-corrected chi connectivity index (χ1v) is 9.10. The van der Waals surface area contributed by atoms with Crippen molar-refractivity contribution in [3.63, 3.8) is 0 Å². The Bertz CT molecular complexity index is 699. The zero-order valence-corrected chi connectivity index (χ0v) is 15.4. The number of likely N-dealkylation sites (tertiary alicyclic amines) is 1. The van der Waals surface area contributed by atoms with Crippen molar-refractivity contribution in [3.8, 4) is 0 Å². The molecule has 2 saturated heterocycles. The van der Waals surface area contributed by atoms with Gasteiger partial charge in [0.2, 0.25) is 11.8 Å². The highest BCUT2D eigenvalue weighted by Gasteiger charge is 2.41. The Kier molecular flexibility index (Phi) is 5.46. The summed E-state index contributed by atoms with van der Waals surface area (Å²) in [6, 6.07) is 4.31. The maximum absolute atomic E-state index is 13.1. The Morgan fingerprint density at radius 3 is 2.44 bits per heavy atom. The number of hydrogen-bond donors (Lipinski definition) is 1. The SMILES string of the molecule is CN(C(=O)[C@@H]1CCC(=O)N(C)[C@@H]1c1ccc(C(F)(F)F)cc1)[C@@H]1CCNC1. The van der Waals surface area contributed by atoms with E-state index in [4.69, 9.17) is 0 Å². The van der Waals surface area contributed by atoms with Crippen LogP contribution in [0.25, 0.3) is 0 Å². The van der Waals surface area contributed by atoms with E-state index in [0.29, 0.717) is 12.0 Å². The second-order valence-corrected chi connectivity index (χ2v) is 7.31. The molecule has 2 amide bonds. The standard InChI is InChI=1S/C19H24F3N3O2/c1-24(14-9-10-23-11-14)18(27)15-7-8-16(26)25(2)17(15)12-3-5-13(6-4-12)19(20,21)22/h3-6,14-15,17,23H,7-11H2,1-2H3/t14-,15-,17-/m1/s1. The van der Waals surface area contributed by atoms with Gasteiger partial charge in [0.05, 0.1) is 17.5 Å². The van der Waals surface area contributed by atoms with E-state index >= 15 is 0 Å². The van der Waals surface area contributed by atoms with E-state index in [1.54, 1.807) is 19.0 Å². The van der Waals surface area contributed by atoms with Gasteiger partial charge in [0.25, 0.3) is 0 Å². The number of piperidine rings is 1. The monoisotopic (exact) mass is 383 g/mol. The number of nitrogens with one attached hydrogen (secondary N) is 1. The van der Waals surface area contributed by atoms with Gasteiger partial charge in [-0.1, -0.05) is 12.1 Å². The van der Waals surface area contributed by atoms with E-state index < -0.39 is 23.7 Å². The molecule has 1 aromatic rings. The molecule has 27 heavy (non-hydrogen) atoms. The largest absolute Gasteiger partial charge is 0.416 e. The van der Waals surface area contributed by atoms with Gasteiger partial charge < -0.3 is 15.1 Å². The molecule has 0 aliphatic carbocycles. The van der Waals surface area contributed by atoms with Crippen LogP contribution in [-0.4, -0.2) is 54.8 Å². The number of hydrogen-bond acceptors (Lipinski definition) is 3. The Hall–Kier alpha value is -2.09. The minimum Gasteiger partial charge on any atom is -0.341 e. The van der Waals surface area contributed by atoms with Gasteiger partial charge in [0, 0.05) is 33.1 Å². The molecule has 2 aliphatic heterocycles. The minimum absolute atomic E-state index is 0.0621. The van der Waals surface area contributed by atoms with Crippen LogP contribution >= 0.6 is 0 Å². The number of carbonyl (C=O) groups excluding carboxylic acids is 2. The van der Waals surface area contributed by atoms with Crippen LogP contribution < -0.4 is 5.32 Å². The second-order valence-electron chi connectivity index (χ2n) is 7.31. The zero-order valence-electron chi connectivity index (χ0n) is 15.4. The molecular formula is C19H24F3N3O2. The number of amides is 2. The summed E-state index contributed by atoms with van der Waals surface area (Å²) in [5.74, 6) is -0.628. The van der Waals surface area contributed by atoms with E-state index in [9.17, 15) is 22.8 Å². The molecule has 2 heterocycles. The number of carbonyl (C=O) groups is 2. The molecule has 0 spiro atoms. The van der Waals surface area contributed by atoms with Crippen LogP contribution in [0, 0.1) is 5.92 Å². The van der Waals surface area contributed by atoms with Crippen molar-refractivity contribution in [2.45, 2.75) is 37.5 Å². The van der Waals surface area contributed by atoms with Crippen LogP contribution in [-0.2, 0) is 15.8 Å². The molecule has 0 aromatic heterocycles. The van der Waals surface area contributed by atoms with Crippen molar-refractivity contribution in [3.05, 3.63) is 35.4 Å². The summed E-state index contributed by atoms with van der Waals surface area (Å²) in [6.07, 6.45) is -2.88. The first kappa shape index (κ1) is 19.7. The molecule has 8 heteroatoms. The van der Waals surface area contributed by atoms with E-state index in [-0.39, 0.29) is 24.3 Å². The smallest absolute Gasteiger partial charge is 0.341 e. The summed E-state index contributed by atoms with van der Waals surface area (Å²) in [5, 5.41) is 3.23. The lowest BCUT2D eigenvalue weighted by Crippen LogP contribution is -2.49. The molecule has 2 fully saturated rings. The molecule has 0 saturated carbocycles. The summed E-state index contributed by atoms with van der Waals surface area (Å²) in [4.78, 5) is 28.6. The summed E-state index contributed by atoms with van der Waals surface area (Å²) < 4.78 is 38.6. The van der Waals surface area contributed by atoms with Crippen molar-refractivity contribution in [2.75, 3.05) is 27.2 Å². The Morgan fingerprint density at radius 1 is 1.22 bits per heavy atom. The van der Waals surface area contributed by atoms with Gasteiger partial charge in [-0.25, -0.2) is 0 Å². The maximum atomic E-state index is 13.1. The zero-order chi connectivity index (χ0) is 19.8. The van der Waals surface area contributed by atoms with Crippen LogP contribution in [0.4, 0.5) is 13.2 Å². The molecule has 0 unspecified atom stereocenters. The van der Waals surface area contributed by atoms with Crippen molar-refractivity contribution in [1.82, 2.24) is 15.1 Å². The molecule has 2 aliphatic rings. The molecule has 3 atom stereocenters. The third-order valence-electron chi connectivity index (χ3n) is 5.69. The number of likely N-dealkylation sites (N-methyl/N-ethyl adjacent to an activating group) is 1. The fraction of sp³-hybridized carbons (Fsp3) is 0.579. The Balaban J connectivity index is 1.88. The fourth-order valence-corrected chi connectivity index (χ4v) is 4.03. The van der Waals surface area contributed by atoms with E-state index in [1.165, 1.54) is 17.0 Å². The van der Waals surface area contributed by atoms with Crippen molar-refractivity contribution in [2.24, 2.45) is 5.92 Å². The fourth-order valence-electron chi connectivity index (χ4n) is 4.03. The van der Waals surface area contributed by atoms with Crippen LogP contribution in [0.5, 0.6) is 0 Å². The first-order valence-electron chi connectivity index (χ1n) is 9.10. The van der Waals surface area contributed by atoms with Crippen molar-refractivity contribution in [1.29, 1.82) is 0 Å². The number of benzene rings is 1. The number of halogens is 3. The highest BCUT2D eigenvalue weighted by Crippen LogP contribution is 2.38. The molecule has 5 nitrogen and oxygen atoms in total. The molecule has 3 rings (SSSR count). The van der Waals surface area contributed by atoms with Crippen LogP contribution in [0.15, 0.2) is 24.3 Å². The molecule has 1 aromatic carbocycles. The van der Waals surface area contributed by atoms with E-state index in [1.807, 2.05) is 0 Å². The summed E-state index contributed by atoms with van der Waals surface area (Å²) >= 11 is 0. The van der Waals surface area contributed by atoms with Gasteiger partial charge in [-0.15, -0.1) is 0 Å². The topological polar surface area (TPSA) is 52.7 Å². The van der Waals surface area contributed by atoms with Gasteiger partial charge in [0.15, 0.2) is 0 Å². The lowest BCUT2D eigenvalue weighted by atomic mass is 9.83. The minimum atomic E-state index is -4.42. The highest BCUT2D eigenvalue weighted by molar-refractivity contribution is 5.85. The average Bonchev–Trinajstić information content (AvgIpc) is 3.16. The third kappa shape index (κ3) is 3.95. The normalized spacial score (nSPS) is 26.3. The molecule has 0 bridgehead atoms. The molecule has 1 N–H and O–H groups in total. The molecule has 0 radical (unpaired) electrons. The van der Waals surface area contributed by atoms with Gasteiger partial charge in [-0.05, 0) is 37.1 Å². The quantitative estimate of drug-likeness (QED) is 0.872. The molecular weight excluding hydrogens is 359 g/mol. The predicted molar refractivity (Wildman–Crippen MR) is 93.7 cm³/mol. The van der Waals surface area contributed by atoms with E-state index in [2.05, 4.69) is 5.32 Å². The Labute approximate surface area is 156 Å². The predicted octanol–water partition coefficient (Wildman–Crippen LogP) is 2.44. The first-order chi connectivity index (χ1) is 12.7. The van der Waals surface area contributed by atoms with Crippen LogP contribution in [0.3, 0.4) is 0 Å². The summed E-state index contributed by atoms with van der Waals surface area (Å²) in [5.41, 5.74) is -0.192. The lowest BCUT2D eigenvalue weighted by Gasteiger charge is -2.41. The maximum Gasteiger partial charge on any atom is 0.416 e. The van der Waals surface area contributed by atoms with Crippen molar-refractivity contribution < 1.29 is 22.8 Å². The van der Waals surface area contributed by atoms with Crippen molar-refractivity contribution >= 4 is 11.8 Å². The Morgan fingerprint density at radius 2 is 1.89 bits per heavy atom. The lowest BCUT2D eigenvalue weighted by molar-refractivity contribution is -0.147. The van der Waals surface area contributed by atoms with Crippen LogP contribution in [0.2, 0.25) is 0 Å². The number of alkyl halides is 3. The summed E-state index contributed by atoms with van der Waals surface area (Å²) in [6.45, 7) is 1.59. The average molecular weight is 383 g/mol. The van der Waals surface area contributed by atoms with E-state index in [0.717, 1.165) is 31.6 Å². The number of nitrogens with zero attached hydrogens (tertiary/aromatic N) is 2. The molecule has 148 valence electrons. The van der Waals surface area contributed by atoms with Gasteiger partial charge >= 0.3 is 6.18 Å². The summed E-state index contributed by atoms with van der Waals surface area (Å²) in [7, 11) is 3.38. The second kappa shape index (κ2) is 7.50.